The van der Waals surface area contributed by atoms with Gasteiger partial charge in [0.1, 0.15) is 12.1 Å². The van der Waals surface area contributed by atoms with Crippen LogP contribution in [0.5, 0.6) is 0 Å². The fourth-order valence-corrected chi connectivity index (χ4v) is 5.24. The number of hydrogen-bond acceptors (Lipinski definition) is 3. The van der Waals surface area contributed by atoms with Crippen LogP contribution in [-0.2, 0) is 14.4 Å². The molecule has 184 valence electrons. The first-order chi connectivity index (χ1) is 15.6. The molecule has 2 amide bonds. The Hall–Kier alpha value is -1.59. The van der Waals surface area contributed by atoms with Gasteiger partial charge in [0.25, 0.3) is 0 Å². The number of carboxylic acid groups (broad SMARTS) is 1. The van der Waals surface area contributed by atoms with E-state index in [0.29, 0.717) is 32.4 Å². The maximum Gasteiger partial charge on any atom is 0.326 e. The smallest absolute Gasteiger partial charge is 0.326 e. The molecular formula is C26H46N2O4. The van der Waals surface area contributed by atoms with E-state index in [0.717, 1.165) is 25.7 Å². The second-order valence-corrected chi connectivity index (χ2v) is 9.77. The van der Waals surface area contributed by atoms with Gasteiger partial charge in [0, 0.05) is 19.5 Å². The minimum Gasteiger partial charge on any atom is -0.480 e. The van der Waals surface area contributed by atoms with Gasteiger partial charge in [-0.25, -0.2) is 4.79 Å². The molecule has 32 heavy (non-hydrogen) atoms. The molecule has 0 aromatic heterocycles. The minimum atomic E-state index is -0.932. The summed E-state index contributed by atoms with van der Waals surface area (Å²) in [7, 11) is 0. The molecule has 0 spiro atoms. The molecule has 2 aliphatic rings. The van der Waals surface area contributed by atoms with E-state index in [9.17, 15) is 19.5 Å². The highest BCUT2D eigenvalue weighted by Crippen LogP contribution is 2.26. The molecule has 0 aromatic rings. The average Bonchev–Trinajstić information content (AvgIpc) is 3.46. The largest absolute Gasteiger partial charge is 0.480 e. The van der Waals surface area contributed by atoms with Crippen molar-refractivity contribution in [1.29, 1.82) is 0 Å². The molecule has 2 rings (SSSR count). The van der Waals surface area contributed by atoms with Crippen LogP contribution in [0.3, 0.4) is 0 Å². The van der Waals surface area contributed by atoms with Crippen molar-refractivity contribution in [3.05, 3.63) is 0 Å². The summed E-state index contributed by atoms with van der Waals surface area (Å²) in [4.78, 5) is 40.3. The molecule has 2 saturated heterocycles. The maximum atomic E-state index is 12.9. The lowest BCUT2D eigenvalue weighted by atomic mass is 10.0. The van der Waals surface area contributed by atoms with Crippen molar-refractivity contribution in [3.8, 4) is 0 Å². The number of carbonyl (C=O) groups excluding carboxylic acids is 2. The van der Waals surface area contributed by atoms with Gasteiger partial charge < -0.3 is 14.9 Å². The summed E-state index contributed by atoms with van der Waals surface area (Å²) in [5.41, 5.74) is 0. The lowest BCUT2D eigenvalue weighted by Crippen LogP contribution is -2.50. The van der Waals surface area contributed by atoms with Gasteiger partial charge in [-0.2, -0.15) is 0 Å². The number of unbranched alkanes of at least 4 members (excludes halogenated alkanes) is 12. The number of amides is 2. The second kappa shape index (κ2) is 15.3. The van der Waals surface area contributed by atoms with Gasteiger partial charge in [0.15, 0.2) is 0 Å². The monoisotopic (exact) mass is 450 g/mol. The Morgan fingerprint density at radius 2 is 1.16 bits per heavy atom. The van der Waals surface area contributed by atoms with E-state index in [1.165, 1.54) is 75.5 Å². The summed E-state index contributed by atoms with van der Waals surface area (Å²) < 4.78 is 0. The number of carbonyl (C=O) groups is 3. The van der Waals surface area contributed by atoms with E-state index in [4.69, 9.17) is 0 Å². The number of nitrogens with zero attached hydrogens (tertiary/aromatic N) is 2. The van der Waals surface area contributed by atoms with Gasteiger partial charge in [-0.1, -0.05) is 84.0 Å². The highest BCUT2D eigenvalue weighted by atomic mass is 16.4. The Kier molecular flexibility index (Phi) is 12.7. The number of rotatable bonds is 16. The van der Waals surface area contributed by atoms with Crippen molar-refractivity contribution < 1.29 is 19.5 Å². The summed E-state index contributed by atoms with van der Waals surface area (Å²) in [5, 5.41) is 9.36. The van der Waals surface area contributed by atoms with Gasteiger partial charge in [0.2, 0.25) is 11.8 Å². The van der Waals surface area contributed by atoms with Gasteiger partial charge in [-0.15, -0.1) is 0 Å². The van der Waals surface area contributed by atoms with Crippen molar-refractivity contribution >= 4 is 17.8 Å². The first kappa shape index (κ1) is 26.7. The number of aliphatic carboxylic acids is 1. The quantitative estimate of drug-likeness (QED) is 0.313. The summed E-state index contributed by atoms with van der Waals surface area (Å²) >= 11 is 0. The predicted octanol–water partition coefficient (Wildman–Crippen LogP) is 5.53. The van der Waals surface area contributed by atoms with E-state index in [2.05, 4.69) is 6.92 Å². The molecular weight excluding hydrogens is 404 g/mol. The van der Waals surface area contributed by atoms with Crippen LogP contribution in [-0.4, -0.2) is 57.9 Å². The molecule has 6 heteroatoms. The first-order valence-corrected chi connectivity index (χ1v) is 13.4. The third-order valence-electron chi connectivity index (χ3n) is 7.17. The van der Waals surface area contributed by atoms with Crippen LogP contribution in [0.1, 0.15) is 122 Å². The topological polar surface area (TPSA) is 77.9 Å². The molecule has 2 fully saturated rings. The molecule has 0 saturated carbocycles. The Morgan fingerprint density at radius 3 is 1.69 bits per heavy atom. The van der Waals surface area contributed by atoms with Gasteiger partial charge in [-0.3, -0.25) is 9.59 Å². The Labute approximate surface area is 195 Å². The van der Waals surface area contributed by atoms with Crippen molar-refractivity contribution in [2.75, 3.05) is 13.1 Å². The zero-order chi connectivity index (χ0) is 23.2. The number of carboxylic acids is 1. The van der Waals surface area contributed by atoms with Crippen molar-refractivity contribution in [1.82, 2.24) is 9.80 Å². The maximum absolute atomic E-state index is 12.9. The van der Waals surface area contributed by atoms with Gasteiger partial charge >= 0.3 is 5.97 Å². The van der Waals surface area contributed by atoms with E-state index in [1.807, 2.05) is 0 Å². The predicted molar refractivity (Wildman–Crippen MR) is 127 cm³/mol. The third kappa shape index (κ3) is 8.74. The fraction of sp³-hybridized carbons (Fsp3) is 0.885. The second-order valence-electron chi connectivity index (χ2n) is 9.77. The number of hydrogen-bond donors (Lipinski definition) is 1. The SMILES string of the molecule is CCCCCCCCCCCCCCCC(=O)N1CCCC1C(=O)N1CCCC1C(=O)O. The van der Waals surface area contributed by atoms with Crippen LogP contribution in [0.25, 0.3) is 0 Å². The molecule has 0 aromatic carbocycles. The molecule has 0 radical (unpaired) electrons. The molecule has 2 aliphatic heterocycles. The van der Waals surface area contributed by atoms with Crippen LogP contribution in [0.4, 0.5) is 0 Å². The van der Waals surface area contributed by atoms with Crippen LogP contribution in [0.15, 0.2) is 0 Å². The average molecular weight is 451 g/mol. The van der Waals surface area contributed by atoms with Crippen LogP contribution in [0, 0.1) is 0 Å². The van der Waals surface area contributed by atoms with E-state index >= 15 is 0 Å². The zero-order valence-electron chi connectivity index (χ0n) is 20.4. The highest BCUT2D eigenvalue weighted by Gasteiger charge is 2.41. The Morgan fingerprint density at radius 1 is 0.688 bits per heavy atom. The zero-order valence-corrected chi connectivity index (χ0v) is 20.4. The van der Waals surface area contributed by atoms with E-state index in [1.54, 1.807) is 4.90 Å². The minimum absolute atomic E-state index is 0.0648. The first-order valence-electron chi connectivity index (χ1n) is 13.4. The molecule has 2 atom stereocenters. The summed E-state index contributed by atoms with van der Waals surface area (Å²) in [6.45, 7) is 3.37. The Bertz CT molecular complexity index is 580. The van der Waals surface area contributed by atoms with Crippen molar-refractivity contribution in [3.63, 3.8) is 0 Å². The van der Waals surface area contributed by atoms with E-state index in [-0.39, 0.29) is 11.8 Å². The normalized spacial score (nSPS) is 20.8. The highest BCUT2D eigenvalue weighted by molar-refractivity contribution is 5.91. The standard InChI is InChI=1S/C26H46N2O4/c1-2-3-4-5-6-7-8-9-10-11-12-13-14-19-24(29)27-20-15-17-22(27)25(30)28-21-16-18-23(28)26(31)32/h22-23H,2-21H2,1H3,(H,31,32). The third-order valence-corrected chi connectivity index (χ3v) is 7.17. The fourth-order valence-electron chi connectivity index (χ4n) is 5.24. The summed E-state index contributed by atoms with van der Waals surface area (Å²) in [6.07, 6.45) is 19.8. The van der Waals surface area contributed by atoms with Crippen LogP contribution >= 0.6 is 0 Å². The molecule has 2 heterocycles. The van der Waals surface area contributed by atoms with Crippen LogP contribution < -0.4 is 0 Å². The van der Waals surface area contributed by atoms with Crippen molar-refractivity contribution in [2.24, 2.45) is 0 Å². The number of likely N-dealkylation sites (tertiary alicyclic amines) is 2. The van der Waals surface area contributed by atoms with Gasteiger partial charge in [-0.05, 0) is 32.1 Å². The van der Waals surface area contributed by atoms with E-state index < -0.39 is 18.1 Å². The van der Waals surface area contributed by atoms with Gasteiger partial charge in [0.05, 0.1) is 0 Å². The van der Waals surface area contributed by atoms with Crippen molar-refractivity contribution in [2.45, 2.75) is 135 Å². The summed E-state index contributed by atoms with van der Waals surface area (Å²) in [6, 6.07) is -1.18. The molecule has 1 N–H and O–H groups in total. The lowest BCUT2D eigenvalue weighted by Gasteiger charge is -2.30. The Balaban J connectivity index is 1.55. The van der Waals surface area contributed by atoms with Crippen LogP contribution in [0.2, 0.25) is 0 Å². The lowest BCUT2D eigenvalue weighted by molar-refractivity contribution is -0.151. The molecule has 0 aliphatic carbocycles. The molecule has 6 nitrogen and oxygen atoms in total. The molecule has 2 unspecified atom stereocenters. The molecule has 0 bridgehead atoms. The summed E-state index contributed by atoms with van der Waals surface area (Å²) in [5.74, 6) is -1.03.